The first-order valence-electron chi connectivity index (χ1n) is 12.7. The highest BCUT2D eigenvalue weighted by Gasteiger charge is 2.82. The molecular weight excluding hydrogens is 456 g/mol. The molecule has 3 aliphatic carbocycles. The molecule has 0 radical (unpaired) electrons. The topological polar surface area (TPSA) is 114 Å². The summed E-state index contributed by atoms with van der Waals surface area (Å²) in [4.78, 5) is 50.1. The number of ether oxygens (including phenoxy) is 5. The van der Waals surface area contributed by atoms with Crippen molar-refractivity contribution in [2.75, 3.05) is 0 Å². The number of fused-ring (bicyclic) bond motifs is 1. The Morgan fingerprint density at radius 3 is 2.23 bits per heavy atom. The van der Waals surface area contributed by atoms with Crippen LogP contribution in [0, 0.1) is 40.4 Å². The lowest BCUT2D eigenvalue weighted by molar-refractivity contribution is -0.212. The van der Waals surface area contributed by atoms with E-state index in [0.717, 1.165) is 32.1 Å². The number of esters is 4. The van der Waals surface area contributed by atoms with Crippen molar-refractivity contribution in [3.05, 3.63) is 0 Å². The Bertz CT molecular complexity index is 958. The van der Waals surface area contributed by atoms with Gasteiger partial charge in [-0.05, 0) is 48.3 Å². The fourth-order valence-corrected chi connectivity index (χ4v) is 8.93. The van der Waals surface area contributed by atoms with Gasteiger partial charge in [0.2, 0.25) is 12.6 Å². The van der Waals surface area contributed by atoms with E-state index in [1.54, 1.807) is 0 Å². The standard InChI is InChI=1S/C26H36O9/c1-12(27)31-20-17(15-8-9-16-24(4,5)10-7-11-25(15,16)6)18-19-22(33-21(18)32-13(2)28)34-23(30)26(19,20)35-14(3)29/h15-22H,7-11H2,1-6H3/t15-,16+,17-,18+,19-,20+,21+,22-,25-,26-/m1/s1. The van der Waals surface area contributed by atoms with Crippen molar-refractivity contribution >= 4 is 23.9 Å². The van der Waals surface area contributed by atoms with Crippen LogP contribution in [0.15, 0.2) is 0 Å². The van der Waals surface area contributed by atoms with Gasteiger partial charge in [0.1, 0.15) is 0 Å². The number of carbonyl (C=O) groups excluding carboxylic acids is 4. The van der Waals surface area contributed by atoms with Gasteiger partial charge in [-0.3, -0.25) is 14.4 Å². The zero-order valence-corrected chi connectivity index (χ0v) is 21.3. The molecule has 0 N–H and O–H groups in total. The molecule has 2 saturated heterocycles. The van der Waals surface area contributed by atoms with E-state index in [-0.39, 0.29) is 16.7 Å². The van der Waals surface area contributed by atoms with Crippen molar-refractivity contribution in [3.8, 4) is 0 Å². The molecule has 10 atom stereocenters. The van der Waals surface area contributed by atoms with Crippen LogP contribution in [0.5, 0.6) is 0 Å². The predicted molar refractivity (Wildman–Crippen MR) is 119 cm³/mol. The van der Waals surface area contributed by atoms with Crippen LogP contribution in [-0.4, -0.2) is 48.2 Å². The highest BCUT2D eigenvalue weighted by molar-refractivity contribution is 5.88. The minimum atomic E-state index is -1.83. The lowest BCUT2D eigenvalue weighted by atomic mass is 9.53. The van der Waals surface area contributed by atoms with Crippen LogP contribution in [-0.2, 0) is 42.9 Å². The van der Waals surface area contributed by atoms with Crippen LogP contribution in [0.2, 0.25) is 0 Å². The number of hydrogen-bond acceptors (Lipinski definition) is 9. The Kier molecular flexibility index (Phi) is 5.55. The predicted octanol–water partition coefficient (Wildman–Crippen LogP) is 3.13. The number of hydrogen-bond donors (Lipinski definition) is 0. The maximum atomic E-state index is 13.4. The summed E-state index contributed by atoms with van der Waals surface area (Å²) in [5.41, 5.74) is -1.75. The van der Waals surface area contributed by atoms with Crippen LogP contribution >= 0.6 is 0 Å². The summed E-state index contributed by atoms with van der Waals surface area (Å²) in [6.45, 7) is 10.7. The van der Waals surface area contributed by atoms with Gasteiger partial charge in [0.05, 0.1) is 5.92 Å². The van der Waals surface area contributed by atoms with Crippen LogP contribution in [0.4, 0.5) is 0 Å². The first-order valence-corrected chi connectivity index (χ1v) is 12.7. The van der Waals surface area contributed by atoms with Gasteiger partial charge in [-0.2, -0.15) is 0 Å². The summed E-state index contributed by atoms with van der Waals surface area (Å²) in [6, 6.07) is 0. The van der Waals surface area contributed by atoms with E-state index in [1.165, 1.54) is 20.8 Å². The summed E-state index contributed by atoms with van der Waals surface area (Å²) >= 11 is 0. The molecule has 0 aromatic carbocycles. The van der Waals surface area contributed by atoms with Crippen molar-refractivity contribution in [2.24, 2.45) is 40.4 Å². The SMILES string of the molecule is CC(=O)O[C@H]1O[C@@H]2OC(=O)[C@@]3(OC(C)=O)[C@@H]2[C@@H]1[C@@H]([C@H]1CC[C@H]2C(C)(C)CCC[C@]12C)[C@@H]3OC(C)=O. The third-order valence-electron chi connectivity index (χ3n) is 9.79. The number of rotatable bonds is 4. The van der Waals surface area contributed by atoms with Crippen LogP contribution in [0.25, 0.3) is 0 Å². The molecule has 9 nitrogen and oxygen atoms in total. The molecule has 2 aliphatic heterocycles. The maximum Gasteiger partial charge on any atom is 0.357 e. The molecule has 0 aromatic rings. The van der Waals surface area contributed by atoms with Gasteiger partial charge < -0.3 is 23.7 Å². The smallest absolute Gasteiger partial charge is 0.357 e. The summed E-state index contributed by atoms with van der Waals surface area (Å²) in [7, 11) is 0. The highest BCUT2D eigenvalue weighted by Crippen LogP contribution is 2.70. The molecule has 0 aromatic heterocycles. The first-order chi connectivity index (χ1) is 16.3. The van der Waals surface area contributed by atoms with Gasteiger partial charge in [0.15, 0.2) is 6.10 Å². The lowest BCUT2D eigenvalue weighted by Crippen LogP contribution is -2.55. The third-order valence-corrected chi connectivity index (χ3v) is 9.79. The van der Waals surface area contributed by atoms with E-state index >= 15 is 0 Å². The first kappa shape index (κ1) is 24.5. The third kappa shape index (κ3) is 3.36. The van der Waals surface area contributed by atoms with E-state index in [4.69, 9.17) is 23.7 Å². The van der Waals surface area contributed by atoms with E-state index in [0.29, 0.717) is 5.92 Å². The molecule has 5 rings (SSSR count). The molecule has 0 amide bonds. The number of carbonyl (C=O) groups is 4. The largest absolute Gasteiger partial charge is 0.457 e. The second kappa shape index (κ2) is 7.92. The quantitative estimate of drug-likeness (QED) is 0.431. The molecule has 0 unspecified atom stereocenters. The van der Waals surface area contributed by atoms with E-state index in [2.05, 4.69) is 20.8 Å². The molecule has 3 saturated carbocycles. The van der Waals surface area contributed by atoms with Crippen molar-refractivity contribution in [3.63, 3.8) is 0 Å². The second-order valence-electron chi connectivity index (χ2n) is 12.1. The Morgan fingerprint density at radius 1 is 0.914 bits per heavy atom. The molecule has 9 heteroatoms. The molecule has 35 heavy (non-hydrogen) atoms. The Morgan fingerprint density at radius 2 is 1.60 bits per heavy atom. The summed E-state index contributed by atoms with van der Waals surface area (Å²) in [6.07, 6.45) is 2.04. The van der Waals surface area contributed by atoms with Crippen LogP contribution in [0.1, 0.15) is 73.6 Å². The molecular formula is C26H36O9. The van der Waals surface area contributed by atoms with Crippen LogP contribution in [0.3, 0.4) is 0 Å². The second-order valence-corrected chi connectivity index (χ2v) is 12.1. The Balaban J connectivity index is 1.66. The summed E-state index contributed by atoms with van der Waals surface area (Å²) in [5, 5.41) is 0. The van der Waals surface area contributed by atoms with Gasteiger partial charge in [-0.15, -0.1) is 0 Å². The average Bonchev–Trinajstić information content (AvgIpc) is 3.38. The van der Waals surface area contributed by atoms with Crippen molar-refractivity contribution in [1.29, 1.82) is 0 Å². The highest BCUT2D eigenvalue weighted by atomic mass is 16.8. The van der Waals surface area contributed by atoms with Crippen LogP contribution < -0.4 is 0 Å². The Hall–Kier alpha value is -2.16. The Labute approximate surface area is 205 Å². The van der Waals surface area contributed by atoms with Gasteiger partial charge in [-0.25, -0.2) is 4.79 Å². The normalized spacial score (nSPS) is 47.0. The molecule has 0 spiro atoms. The minimum Gasteiger partial charge on any atom is -0.457 e. The summed E-state index contributed by atoms with van der Waals surface area (Å²) < 4.78 is 28.7. The fraction of sp³-hybridized carbons (Fsp3) is 0.846. The summed E-state index contributed by atoms with van der Waals surface area (Å²) in [5.74, 6) is -3.71. The average molecular weight is 493 g/mol. The van der Waals surface area contributed by atoms with Gasteiger partial charge in [0.25, 0.3) is 5.60 Å². The van der Waals surface area contributed by atoms with E-state index in [9.17, 15) is 19.2 Å². The maximum absolute atomic E-state index is 13.4. The monoisotopic (exact) mass is 492 g/mol. The van der Waals surface area contributed by atoms with Gasteiger partial charge >= 0.3 is 23.9 Å². The molecule has 5 fully saturated rings. The zero-order valence-electron chi connectivity index (χ0n) is 21.3. The van der Waals surface area contributed by atoms with Crippen molar-refractivity contribution < 1.29 is 42.9 Å². The minimum absolute atomic E-state index is 0.0488. The molecule has 2 heterocycles. The fourth-order valence-electron chi connectivity index (χ4n) is 8.93. The molecule has 194 valence electrons. The van der Waals surface area contributed by atoms with Crippen molar-refractivity contribution in [2.45, 2.75) is 97.9 Å². The van der Waals surface area contributed by atoms with E-state index in [1.807, 2.05) is 0 Å². The van der Waals surface area contributed by atoms with Gasteiger partial charge in [-0.1, -0.05) is 27.2 Å². The van der Waals surface area contributed by atoms with E-state index < -0.39 is 65.9 Å². The lowest BCUT2D eigenvalue weighted by Gasteiger charge is -2.52. The molecule has 0 bridgehead atoms. The molecule has 5 aliphatic rings. The zero-order chi connectivity index (χ0) is 25.5. The van der Waals surface area contributed by atoms with Gasteiger partial charge in [0, 0.05) is 32.6 Å². The van der Waals surface area contributed by atoms with Crippen molar-refractivity contribution in [1.82, 2.24) is 0 Å².